The molecule has 6 nitrogen and oxygen atoms in total. The number of nitrogens with one attached hydrogen (secondary N) is 2. The molecule has 0 amide bonds. The monoisotopic (exact) mass is 380 g/mol. The third-order valence-electron chi connectivity index (χ3n) is 4.61. The molecule has 1 aromatic rings. The van der Waals surface area contributed by atoms with Gasteiger partial charge in [-0.2, -0.15) is 0 Å². The summed E-state index contributed by atoms with van der Waals surface area (Å²) in [6.07, 6.45) is 1.63. The van der Waals surface area contributed by atoms with Gasteiger partial charge in [-0.3, -0.25) is 4.99 Å². The predicted molar refractivity (Wildman–Crippen MR) is 108 cm³/mol. The van der Waals surface area contributed by atoms with Gasteiger partial charge >= 0.3 is 0 Å². The molecule has 0 aliphatic carbocycles. The van der Waals surface area contributed by atoms with Crippen molar-refractivity contribution in [1.29, 1.82) is 0 Å². The van der Waals surface area contributed by atoms with Crippen LogP contribution in [0, 0.1) is 0 Å². The van der Waals surface area contributed by atoms with Crippen LogP contribution >= 0.6 is 0 Å². The molecule has 0 aromatic heterocycles. The van der Waals surface area contributed by atoms with Crippen LogP contribution in [0.25, 0.3) is 0 Å². The second kappa shape index (κ2) is 8.86. The highest BCUT2D eigenvalue weighted by atomic mass is 32.2. The highest BCUT2D eigenvalue weighted by Crippen LogP contribution is 2.22. The van der Waals surface area contributed by atoms with E-state index in [0.717, 1.165) is 19.4 Å². The van der Waals surface area contributed by atoms with Crippen LogP contribution in [0.15, 0.2) is 29.3 Å². The van der Waals surface area contributed by atoms with Crippen molar-refractivity contribution in [3.63, 3.8) is 0 Å². The Bertz CT molecular complexity index is 706. The lowest BCUT2D eigenvalue weighted by molar-refractivity contribution is 0.445. The number of benzene rings is 1. The van der Waals surface area contributed by atoms with Crippen molar-refractivity contribution in [2.75, 3.05) is 39.0 Å². The fourth-order valence-electron chi connectivity index (χ4n) is 2.96. The van der Waals surface area contributed by atoms with Crippen LogP contribution in [0.4, 0.5) is 0 Å². The van der Waals surface area contributed by atoms with E-state index in [1.54, 1.807) is 11.4 Å². The van der Waals surface area contributed by atoms with Gasteiger partial charge in [0.15, 0.2) is 5.96 Å². The van der Waals surface area contributed by atoms with Crippen molar-refractivity contribution in [3.05, 3.63) is 35.4 Å². The zero-order valence-corrected chi connectivity index (χ0v) is 17.2. The van der Waals surface area contributed by atoms with Crippen molar-refractivity contribution in [1.82, 2.24) is 14.9 Å². The SMILES string of the molecule is CN=C(NCCc1ccc(C(C)(C)C)cc1)NCCN1CCCS1(=O)=O. The Kier molecular flexibility index (Phi) is 7.06. The second-order valence-electron chi connectivity index (χ2n) is 7.69. The van der Waals surface area contributed by atoms with Gasteiger partial charge in [-0.25, -0.2) is 12.7 Å². The van der Waals surface area contributed by atoms with Gasteiger partial charge in [-0.15, -0.1) is 0 Å². The molecule has 0 bridgehead atoms. The molecule has 0 spiro atoms. The minimum absolute atomic E-state index is 0.172. The first-order chi connectivity index (χ1) is 12.2. The molecule has 0 radical (unpaired) electrons. The Morgan fingerprint density at radius 1 is 1.15 bits per heavy atom. The van der Waals surface area contributed by atoms with E-state index >= 15 is 0 Å². The Labute approximate surface area is 158 Å². The summed E-state index contributed by atoms with van der Waals surface area (Å²) in [5, 5.41) is 6.46. The predicted octanol–water partition coefficient (Wildman–Crippen LogP) is 1.73. The van der Waals surface area contributed by atoms with E-state index < -0.39 is 10.0 Å². The average molecular weight is 381 g/mol. The molecule has 1 saturated heterocycles. The second-order valence-corrected chi connectivity index (χ2v) is 9.78. The Morgan fingerprint density at radius 2 is 1.81 bits per heavy atom. The minimum Gasteiger partial charge on any atom is -0.356 e. The summed E-state index contributed by atoms with van der Waals surface area (Å²) in [7, 11) is -1.30. The summed E-state index contributed by atoms with van der Waals surface area (Å²) < 4.78 is 25.1. The minimum atomic E-state index is -3.03. The summed E-state index contributed by atoms with van der Waals surface area (Å²) in [6, 6.07) is 8.74. The topological polar surface area (TPSA) is 73.8 Å². The molecule has 1 fully saturated rings. The third-order valence-corrected chi connectivity index (χ3v) is 6.56. The lowest BCUT2D eigenvalue weighted by Gasteiger charge is -2.19. The molecular formula is C19H32N4O2S. The first-order valence-electron chi connectivity index (χ1n) is 9.24. The Hall–Kier alpha value is -1.60. The standard InChI is InChI=1S/C19H32N4O2S/c1-19(2,3)17-8-6-16(7-9-17)10-11-21-18(20-4)22-12-14-23-13-5-15-26(23,24)25/h6-9H,5,10-15H2,1-4H3,(H2,20,21,22). The number of aliphatic imine (C=N–C) groups is 1. The summed E-state index contributed by atoms with van der Waals surface area (Å²) in [6.45, 7) is 9.08. The Balaban J connectivity index is 1.72. The van der Waals surface area contributed by atoms with Gasteiger partial charge in [0, 0.05) is 33.2 Å². The van der Waals surface area contributed by atoms with Gasteiger partial charge in [-0.05, 0) is 29.4 Å². The molecule has 2 N–H and O–H groups in total. The number of hydrogen-bond acceptors (Lipinski definition) is 3. The molecule has 26 heavy (non-hydrogen) atoms. The highest BCUT2D eigenvalue weighted by Gasteiger charge is 2.27. The van der Waals surface area contributed by atoms with E-state index in [4.69, 9.17) is 0 Å². The fraction of sp³-hybridized carbons (Fsp3) is 0.632. The van der Waals surface area contributed by atoms with Gasteiger partial charge in [0.05, 0.1) is 5.75 Å². The van der Waals surface area contributed by atoms with Crippen LogP contribution in [-0.2, 0) is 21.9 Å². The van der Waals surface area contributed by atoms with Crippen LogP contribution in [0.3, 0.4) is 0 Å². The summed E-state index contributed by atoms with van der Waals surface area (Å²) in [5.41, 5.74) is 2.79. The van der Waals surface area contributed by atoms with Crippen LogP contribution in [0.2, 0.25) is 0 Å². The van der Waals surface area contributed by atoms with Crippen molar-refractivity contribution in [2.24, 2.45) is 4.99 Å². The van der Waals surface area contributed by atoms with Crippen LogP contribution < -0.4 is 10.6 Å². The molecule has 1 heterocycles. The third kappa shape index (κ3) is 5.99. The number of hydrogen-bond donors (Lipinski definition) is 2. The lowest BCUT2D eigenvalue weighted by Crippen LogP contribution is -2.42. The van der Waals surface area contributed by atoms with E-state index in [1.807, 2.05) is 0 Å². The average Bonchev–Trinajstić information content (AvgIpc) is 2.91. The van der Waals surface area contributed by atoms with Crippen molar-refractivity contribution in [3.8, 4) is 0 Å². The van der Waals surface area contributed by atoms with Gasteiger partial charge < -0.3 is 10.6 Å². The lowest BCUT2D eigenvalue weighted by atomic mass is 9.86. The summed E-state index contributed by atoms with van der Waals surface area (Å²) in [4.78, 5) is 4.19. The van der Waals surface area contributed by atoms with Gasteiger partial charge in [-0.1, -0.05) is 45.0 Å². The van der Waals surface area contributed by atoms with Crippen molar-refractivity contribution >= 4 is 16.0 Å². The van der Waals surface area contributed by atoms with Gasteiger partial charge in [0.1, 0.15) is 0 Å². The maximum Gasteiger partial charge on any atom is 0.214 e. The molecular weight excluding hydrogens is 348 g/mol. The van der Waals surface area contributed by atoms with Gasteiger partial charge in [0.2, 0.25) is 10.0 Å². The first-order valence-corrected chi connectivity index (χ1v) is 10.8. The van der Waals surface area contributed by atoms with Crippen LogP contribution in [-0.4, -0.2) is 57.7 Å². The van der Waals surface area contributed by atoms with Crippen LogP contribution in [0.1, 0.15) is 38.3 Å². The molecule has 0 saturated carbocycles. The van der Waals surface area contributed by atoms with E-state index in [-0.39, 0.29) is 11.2 Å². The molecule has 1 aromatic carbocycles. The largest absolute Gasteiger partial charge is 0.356 e. The zero-order valence-electron chi connectivity index (χ0n) is 16.4. The van der Waals surface area contributed by atoms with E-state index in [9.17, 15) is 8.42 Å². The number of nitrogens with zero attached hydrogens (tertiary/aromatic N) is 2. The fourth-order valence-corrected chi connectivity index (χ4v) is 4.49. The maximum absolute atomic E-state index is 11.8. The molecule has 1 aliphatic heterocycles. The number of rotatable bonds is 6. The molecule has 2 rings (SSSR count). The van der Waals surface area contributed by atoms with Crippen molar-refractivity contribution in [2.45, 2.75) is 39.0 Å². The smallest absolute Gasteiger partial charge is 0.214 e. The summed E-state index contributed by atoms with van der Waals surface area (Å²) in [5.74, 6) is 0.974. The normalized spacial score (nSPS) is 18.1. The Morgan fingerprint density at radius 3 is 2.35 bits per heavy atom. The van der Waals surface area contributed by atoms with E-state index in [0.29, 0.717) is 25.6 Å². The molecule has 7 heteroatoms. The quantitative estimate of drug-likeness (QED) is 0.582. The highest BCUT2D eigenvalue weighted by molar-refractivity contribution is 7.89. The molecule has 146 valence electrons. The zero-order chi connectivity index (χ0) is 19.2. The maximum atomic E-state index is 11.8. The molecule has 0 unspecified atom stereocenters. The summed E-state index contributed by atoms with van der Waals surface area (Å²) >= 11 is 0. The van der Waals surface area contributed by atoms with Crippen LogP contribution in [0.5, 0.6) is 0 Å². The first kappa shape index (κ1) is 20.7. The van der Waals surface area contributed by atoms with E-state index in [2.05, 4.69) is 60.7 Å². The molecule has 0 atom stereocenters. The van der Waals surface area contributed by atoms with E-state index in [1.165, 1.54) is 11.1 Å². The van der Waals surface area contributed by atoms with Gasteiger partial charge in [0.25, 0.3) is 0 Å². The number of guanidine groups is 1. The molecule has 1 aliphatic rings. The number of sulfonamides is 1. The van der Waals surface area contributed by atoms with Crippen molar-refractivity contribution < 1.29 is 8.42 Å².